The molecule has 1 saturated carbocycles. The van der Waals surface area contributed by atoms with E-state index in [2.05, 4.69) is 39.1 Å². The van der Waals surface area contributed by atoms with Crippen LogP contribution < -0.4 is 5.32 Å². The molecule has 2 aromatic rings. The van der Waals surface area contributed by atoms with Crippen molar-refractivity contribution in [2.45, 2.75) is 31.8 Å². The molecule has 1 aromatic heterocycles. The second kappa shape index (κ2) is 5.36. The van der Waals surface area contributed by atoms with Crippen molar-refractivity contribution in [2.24, 2.45) is 0 Å². The molecule has 0 spiro atoms. The summed E-state index contributed by atoms with van der Waals surface area (Å²) in [5, 5.41) is 3.46. The molecule has 1 aliphatic rings. The Labute approximate surface area is 108 Å². The van der Waals surface area contributed by atoms with Crippen LogP contribution in [-0.2, 0) is 13.1 Å². The SMILES string of the molecule is c1cn(CCNCc2ccc(C3CC3)cc2)cn1. The number of hydrogen-bond donors (Lipinski definition) is 1. The maximum atomic E-state index is 4.03. The van der Waals surface area contributed by atoms with Crippen molar-refractivity contribution in [1.82, 2.24) is 14.9 Å². The van der Waals surface area contributed by atoms with Crippen LogP contribution in [-0.4, -0.2) is 16.1 Å². The molecule has 1 aromatic carbocycles. The Hall–Kier alpha value is -1.61. The van der Waals surface area contributed by atoms with Gasteiger partial charge in [0, 0.05) is 32.0 Å². The van der Waals surface area contributed by atoms with Crippen molar-refractivity contribution >= 4 is 0 Å². The number of hydrogen-bond acceptors (Lipinski definition) is 2. The van der Waals surface area contributed by atoms with Crippen molar-refractivity contribution in [2.75, 3.05) is 6.54 Å². The summed E-state index contributed by atoms with van der Waals surface area (Å²) in [6.45, 7) is 2.89. The first-order valence-electron chi connectivity index (χ1n) is 6.67. The first-order valence-corrected chi connectivity index (χ1v) is 6.67. The van der Waals surface area contributed by atoms with Gasteiger partial charge in [0.2, 0.25) is 0 Å². The quantitative estimate of drug-likeness (QED) is 0.788. The summed E-state index contributed by atoms with van der Waals surface area (Å²) >= 11 is 0. The monoisotopic (exact) mass is 241 g/mol. The Morgan fingerprint density at radius 2 is 2.06 bits per heavy atom. The summed E-state index contributed by atoms with van der Waals surface area (Å²) in [4.78, 5) is 4.03. The van der Waals surface area contributed by atoms with Crippen molar-refractivity contribution in [3.8, 4) is 0 Å². The molecule has 0 unspecified atom stereocenters. The third-order valence-corrected chi connectivity index (χ3v) is 3.46. The molecule has 1 heterocycles. The van der Waals surface area contributed by atoms with Gasteiger partial charge in [-0.25, -0.2) is 4.98 Å². The highest BCUT2D eigenvalue weighted by Crippen LogP contribution is 2.39. The lowest BCUT2D eigenvalue weighted by Crippen LogP contribution is -2.18. The molecule has 1 fully saturated rings. The maximum absolute atomic E-state index is 4.03. The van der Waals surface area contributed by atoms with Gasteiger partial charge in [0.1, 0.15) is 0 Å². The fourth-order valence-corrected chi connectivity index (χ4v) is 2.18. The van der Waals surface area contributed by atoms with Crippen LogP contribution in [0.2, 0.25) is 0 Å². The number of imidazole rings is 1. The summed E-state index contributed by atoms with van der Waals surface area (Å²) in [7, 11) is 0. The number of rotatable bonds is 6. The Morgan fingerprint density at radius 1 is 1.22 bits per heavy atom. The van der Waals surface area contributed by atoms with Gasteiger partial charge >= 0.3 is 0 Å². The van der Waals surface area contributed by atoms with Crippen LogP contribution in [0.15, 0.2) is 43.0 Å². The molecule has 1 N–H and O–H groups in total. The molecule has 94 valence electrons. The third-order valence-electron chi connectivity index (χ3n) is 3.46. The molecule has 0 radical (unpaired) electrons. The topological polar surface area (TPSA) is 29.9 Å². The first kappa shape index (κ1) is 11.5. The molecular weight excluding hydrogens is 222 g/mol. The van der Waals surface area contributed by atoms with Gasteiger partial charge in [-0.2, -0.15) is 0 Å². The van der Waals surface area contributed by atoms with Gasteiger partial charge in [-0.15, -0.1) is 0 Å². The van der Waals surface area contributed by atoms with Crippen LogP contribution in [0.3, 0.4) is 0 Å². The van der Waals surface area contributed by atoms with E-state index in [0.29, 0.717) is 0 Å². The van der Waals surface area contributed by atoms with Crippen LogP contribution in [0.4, 0.5) is 0 Å². The molecule has 3 heteroatoms. The van der Waals surface area contributed by atoms with Crippen molar-refractivity contribution in [3.63, 3.8) is 0 Å². The van der Waals surface area contributed by atoms with E-state index >= 15 is 0 Å². The van der Waals surface area contributed by atoms with Gasteiger partial charge in [0.15, 0.2) is 0 Å². The summed E-state index contributed by atoms with van der Waals surface area (Å²) in [6.07, 6.45) is 8.42. The van der Waals surface area contributed by atoms with Gasteiger partial charge < -0.3 is 9.88 Å². The molecule has 1 aliphatic carbocycles. The highest BCUT2D eigenvalue weighted by Gasteiger charge is 2.22. The Morgan fingerprint density at radius 3 is 2.72 bits per heavy atom. The molecule has 18 heavy (non-hydrogen) atoms. The predicted octanol–water partition coefficient (Wildman–Crippen LogP) is 2.55. The van der Waals surface area contributed by atoms with Crippen molar-refractivity contribution in [3.05, 3.63) is 54.1 Å². The molecule has 0 saturated heterocycles. The van der Waals surface area contributed by atoms with Crippen molar-refractivity contribution in [1.29, 1.82) is 0 Å². The van der Waals surface area contributed by atoms with Gasteiger partial charge in [-0.3, -0.25) is 0 Å². The number of nitrogens with zero attached hydrogens (tertiary/aromatic N) is 2. The Balaban J connectivity index is 1.42. The highest BCUT2D eigenvalue weighted by molar-refractivity contribution is 5.27. The fraction of sp³-hybridized carbons (Fsp3) is 0.400. The maximum Gasteiger partial charge on any atom is 0.0946 e. The van der Waals surface area contributed by atoms with E-state index in [1.807, 2.05) is 18.7 Å². The zero-order chi connectivity index (χ0) is 12.2. The van der Waals surface area contributed by atoms with E-state index < -0.39 is 0 Å². The lowest BCUT2D eigenvalue weighted by Gasteiger charge is -2.06. The molecule has 0 bridgehead atoms. The smallest absolute Gasteiger partial charge is 0.0946 e. The van der Waals surface area contributed by atoms with E-state index in [0.717, 1.165) is 25.6 Å². The highest BCUT2D eigenvalue weighted by atomic mass is 15.0. The lowest BCUT2D eigenvalue weighted by molar-refractivity contribution is 0.597. The summed E-state index contributed by atoms with van der Waals surface area (Å²) in [6, 6.07) is 9.06. The zero-order valence-corrected chi connectivity index (χ0v) is 10.5. The van der Waals surface area contributed by atoms with Gasteiger partial charge in [0.05, 0.1) is 6.33 Å². The van der Waals surface area contributed by atoms with Gasteiger partial charge in [0.25, 0.3) is 0 Å². The van der Waals surface area contributed by atoms with E-state index in [-0.39, 0.29) is 0 Å². The molecular formula is C15H19N3. The van der Waals surface area contributed by atoms with Crippen molar-refractivity contribution < 1.29 is 0 Å². The van der Waals surface area contributed by atoms with E-state index in [4.69, 9.17) is 0 Å². The Kier molecular flexibility index (Phi) is 3.42. The number of benzene rings is 1. The molecule has 3 nitrogen and oxygen atoms in total. The van der Waals surface area contributed by atoms with E-state index in [1.165, 1.54) is 24.0 Å². The number of aromatic nitrogens is 2. The summed E-state index contributed by atoms with van der Waals surface area (Å²) in [5.74, 6) is 0.855. The van der Waals surface area contributed by atoms with Crippen LogP contribution >= 0.6 is 0 Å². The second-order valence-corrected chi connectivity index (χ2v) is 4.99. The normalized spacial score (nSPS) is 14.9. The molecule has 0 amide bonds. The fourth-order valence-electron chi connectivity index (χ4n) is 2.18. The molecule has 3 rings (SSSR count). The largest absolute Gasteiger partial charge is 0.336 e. The average Bonchev–Trinajstić information content (AvgIpc) is 3.13. The van der Waals surface area contributed by atoms with Crippen LogP contribution in [0.1, 0.15) is 29.9 Å². The second-order valence-electron chi connectivity index (χ2n) is 4.99. The average molecular weight is 241 g/mol. The van der Waals surface area contributed by atoms with Gasteiger partial charge in [-0.1, -0.05) is 24.3 Å². The van der Waals surface area contributed by atoms with Crippen LogP contribution in [0, 0.1) is 0 Å². The Bertz CT molecular complexity index is 469. The van der Waals surface area contributed by atoms with Crippen LogP contribution in [0.5, 0.6) is 0 Å². The number of nitrogens with one attached hydrogen (secondary N) is 1. The summed E-state index contributed by atoms with van der Waals surface area (Å²) in [5.41, 5.74) is 2.88. The minimum atomic E-state index is 0.855. The standard InChI is InChI=1S/C15H19N3/c1-3-14(15-5-6-15)4-2-13(1)11-16-7-9-18-10-8-17-12-18/h1-4,8,10,12,15-16H,5-7,9,11H2. The zero-order valence-electron chi connectivity index (χ0n) is 10.5. The molecule has 0 atom stereocenters. The van der Waals surface area contributed by atoms with Crippen LogP contribution in [0.25, 0.3) is 0 Å². The summed E-state index contributed by atoms with van der Waals surface area (Å²) < 4.78 is 2.09. The van der Waals surface area contributed by atoms with E-state index in [9.17, 15) is 0 Å². The van der Waals surface area contributed by atoms with E-state index in [1.54, 1.807) is 0 Å². The van der Waals surface area contributed by atoms with Gasteiger partial charge in [-0.05, 0) is 29.9 Å². The minimum absolute atomic E-state index is 0.855. The lowest BCUT2D eigenvalue weighted by atomic mass is 10.1. The molecule has 0 aliphatic heterocycles. The first-order chi connectivity index (χ1) is 8.92. The third kappa shape index (κ3) is 2.99. The predicted molar refractivity (Wildman–Crippen MR) is 72.4 cm³/mol. The minimum Gasteiger partial charge on any atom is -0.336 e.